The third-order valence-corrected chi connectivity index (χ3v) is 7.16. The summed E-state index contributed by atoms with van der Waals surface area (Å²) in [7, 11) is 1.00. The van der Waals surface area contributed by atoms with Crippen LogP contribution < -0.4 is 4.74 Å². The van der Waals surface area contributed by atoms with E-state index in [-0.39, 0.29) is 11.4 Å². The summed E-state index contributed by atoms with van der Waals surface area (Å²) in [6.07, 6.45) is 1.49. The first-order valence-corrected chi connectivity index (χ1v) is 15.7. The second kappa shape index (κ2) is 21.7. The number of hydrogen-bond acceptors (Lipinski definition) is 11. The number of carboxylic acid groups (broad SMARTS) is 2. The fraction of sp³-hybridized carbons (Fsp3) is 0.471. The fourth-order valence-electron chi connectivity index (χ4n) is 4.85. The minimum Gasteiger partial charge on any atom is -0.493 e. The molecule has 4 rings (SSSR count). The Kier molecular flexibility index (Phi) is 17.3. The van der Waals surface area contributed by atoms with Crippen molar-refractivity contribution in [3.8, 4) is 5.75 Å². The molecule has 3 N–H and O–H groups in total. The molecule has 1 aliphatic rings. The fourth-order valence-corrected chi connectivity index (χ4v) is 4.85. The van der Waals surface area contributed by atoms with Gasteiger partial charge in [-0.1, -0.05) is 36.4 Å². The Hall–Kier alpha value is -3.98. The summed E-state index contributed by atoms with van der Waals surface area (Å²) in [4.78, 5) is 36.1. The van der Waals surface area contributed by atoms with E-state index in [1.807, 2.05) is 36.4 Å². The van der Waals surface area contributed by atoms with Crippen molar-refractivity contribution in [2.24, 2.45) is 0 Å². The second-order valence-corrected chi connectivity index (χ2v) is 10.6. The Morgan fingerprint density at radius 2 is 1.30 bits per heavy atom. The Morgan fingerprint density at radius 3 is 1.96 bits per heavy atom. The molecule has 47 heavy (non-hydrogen) atoms. The van der Waals surface area contributed by atoms with Crippen LogP contribution in [0.5, 0.6) is 5.75 Å². The van der Waals surface area contributed by atoms with Gasteiger partial charge in [-0.2, -0.15) is 0 Å². The molecule has 0 bridgehead atoms. The number of nitrogens with zero attached hydrogens (tertiary/aromatic N) is 4. The SMILES string of the molecule is CO.O=C(O)c1cccc(CN2CCCOCCN(Cc3cc(OCCc4ccccc4)cc(C(=O)O)n3)CCOCCOCC2)n1. The summed E-state index contributed by atoms with van der Waals surface area (Å²) in [6, 6.07) is 18.2. The van der Waals surface area contributed by atoms with E-state index in [0.717, 1.165) is 25.6 Å². The molecule has 0 atom stereocenters. The first kappa shape index (κ1) is 37.5. The van der Waals surface area contributed by atoms with Gasteiger partial charge in [0.2, 0.25) is 0 Å². The van der Waals surface area contributed by atoms with Crippen molar-refractivity contribution in [1.82, 2.24) is 19.8 Å². The van der Waals surface area contributed by atoms with E-state index in [2.05, 4.69) is 19.8 Å². The maximum absolute atomic E-state index is 11.8. The number of carbonyl (C=O) groups is 2. The lowest BCUT2D eigenvalue weighted by molar-refractivity contribution is 0.0202. The molecule has 256 valence electrons. The quantitative estimate of drug-likeness (QED) is 0.293. The first-order chi connectivity index (χ1) is 23.0. The van der Waals surface area contributed by atoms with E-state index in [4.69, 9.17) is 24.1 Å². The summed E-state index contributed by atoms with van der Waals surface area (Å²) >= 11 is 0. The van der Waals surface area contributed by atoms with Crippen molar-refractivity contribution in [2.75, 3.05) is 79.5 Å². The zero-order chi connectivity index (χ0) is 33.7. The lowest BCUT2D eigenvalue weighted by Crippen LogP contribution is -2.33. The number of hydrogen-bond donors (Lipinski definition) is 3. The van der Waals surface area contributed by atoms with E-state index in [1.54, 1.807) is 12.1 Å². The van der Waals surface area contributed by atoms with Crippen LogP contribution in [0.15, 0.2) is 60.7 Å². The molecule has 13 nitrogen and oxygen atoms in total. The highest BCUT2D eigenvalue weighted by molar-refractivity contribution is 5.86. The minimum atomic E-state index is -1.11. The third-order valence-electron chi connectivity index (χ3n) is 7.16. The number of aliphatic hydroxyl groups excluding tert-OH is 1. The number of benzene rings is 1. The first-order valence-electron chi connectivity index (χ1n) is 15.7. The minimum absolute atomic E-state index is 0.0277. The zero-order valence-electron chi connectivity index (χ0n) is 27.0. The molecule has 3 aromatic rings. The number of rotatable bonds is 10. The predicted molar refractivity (Wildman–Crippen MR) is 174 cm³/mol. The lowest BCUT2D eigenvalue weighted by Gasteiger charge is -2.24. The van der Waals surface area contributed by atoms with Crippen LogP contribution in [-0.4, -0.2) is 127 Å². The van der Waals surface area contributed by atoms with Gasteiger partial charge in [0.15, 0.2) is 5.69 Å². The van der Waals surface area contributed by atoms with Crippen molar-refractivity contribution >= 4 is 11.9 Å². The molecule has 0 amide bonds. The second-order valence-electron chi connectivity index (χ2n) is 10.6. The van der Waals surface area contributed by atoms with Gasteiger partial charge < -0.3 is 34.3 Å². The number of aliphatic hydroxyl groups is 1. The van der Waals surface area contributed by atoms with Gasteiger partial charge in [0, 0.05) is 71.5 Å². The third kappa shape index (κ3) is 14.5. The molecular weight excluding hydrogens is 608 g/mol. The highest BCUT2D eigenvalue weighted by Gasteiger charge is 2.15. The normalized spacial score (nSPS) is 16.0. The highest BCUT2D eigenvalue weighted by atomic mass is 16.5. The van der Waals surface area contributed by atoms with E-state index in [0.29, 0.717) is 103 Å². The monoisotopic (exact) mass is 654 g/mol. The number of pyridine rings is 2. The summed E-state index contributed by atoms with van der Waals surface area (Å²) in [6.45, 7) is 6.90. The van der Waals surface area contributed by atoms with Gasteiger partial charge in [-0.25, -0.2) is 19.6 Å². The van der Waals surface area contributed by atoms with Crippen LogP contribution in [0.2, 0.25) is 0 Å². The van der Waals surface area contributed by atoms with Gasteiger partial charge in [-0.3, -0.25) is 9.80 Å². The predicted octanol–water partition coefficient (Wildman–Crippen LogP) is 2.86. The van der Waals surface area contributed by atoms with Crippen molar-refractivity contribution in [3.05, 3.63) is 89.0 Å². The average Bonchev–Trinajstić information content (AvgIpc) is 3.08. The van der Waals surface area contributed by atoms with Gasteiger partial charge in [0.05, 0.1) is 51.0 Å². The summed E-state index contributed by atoms with van der Waals surface area (Å²) in [5.41, 5.74) is 2.40. The van der Waals surface area contributed by atoms with E-state index in [1.165, 1.54) is 12.1 Å². The topological polar surface area (TPSA) is 164 Å². The van der Waals surface area contributed by atoms with Gasteiger partial charge in [-0.05, 0) is 24.1 Å². The van der Waals surface area contributed by atoms with Crippen LogP contribution in [0, 0.1) is 0 Å². The molecule has 13 heteroatoms. The molecule has 0 aliphatic carbocycles. The molecule has 0 radical (unpaired) electrons. The molecule has 3 heterocycles. The molecule has 1 saturated heterocycles. The lowest BCUT2D eigenvalue weighted by atomic mass is 10.2. The zero-order valence-corrected chi connectivity index (χ0v) is 27.0. The highest BCUT2D eigenvalue weighted by Crippen LogP contribution is 2.17. The Bertz CT molecular complexity index is 1350. The maximum atomic E-state index is 11.8. The number of aromatic carboxylic acids is 2. The molecular formula is C34H46N4O9. The van der Waals surface area contributed by atoms with Gasteiger partial charge >= 0.3 is 11.9 Å². The van der Waals surface area contributed by atoms with Crippen molar-refractivity contribution in [2.45, 2.75) is 25.9 Å². The molecule has 1 aliphatic heterocycles. The Balaban J connectivity index is 0.00000294. The Morgan fingerprint density at radius 1 is 0.702 bits per heavy atom. The largest absolute Gasteiger partial charge is 0.493 e. The number of ether oxygens (including phenoxy) is 4. The van der Waals surface area contributed by atoms with Crippen molar-refractivity contribution in [1.29, 1.82) is 0 Å². The summed E-state index contributed by atoms with van der Waals surface area (Å²) < 4.78 is 23.5. The smallest absolute Gasteiger partial charge is 0.354 e. The van der Waals surface area contributed by atoms with Gasteiger partial charge in [0.25, 0.3) is 0 Å². The van der Waals surface area contributed by atoms with Crippen LogP contribution in [0.1, 0.15) is 44.3 Å². The maximum Gasteiger partial charge on any atom is 0.354 e. The molecule has 0 unspecified atom stereocenters. The number of carboxylic acids is 2. The average molecular weight is 655 g/mol. The molecule has 2 aromatic heterocycles. The van der Waals surface area contributed by atoms with Crippen LogP contribution in [0.4, 0.5) is 0 Å². The van der Waals surface area contributed by atoms with Crippen LogP contribution in [-0.2, 0) is 33.7 Å². The standard InChI is InChI=1S/C33H42N4O8.CH4O/c38-32(39)30-9-4-8-27(34-30)24-36-11-5-15-42-17-13-37(14-19-44-21-20-43-18-12-36)25-28-22-29(23-31(35-28)33(40)41)45-16-10-26-6-2-1-3-7-26;1-2/h1-4,6-9,22-23H,5,10-21,24-25H2,(H,38,39)(H,40,41);2H,1H3. The van der Waals surface area contributed by atoms with Gasteiger partial charge in [-0.15, -0.1) is 0 Å². The van der Waals surface area contributed by atoms with Crippen LogP contribution in [0.25, 0.3) is 0 Å². The van der Waals surface area contributed by atoms with E-state index < -0.39 is 11.9 Å². The van der Waals surface area contributed by atoms with Crippen LogP contribution >= 0.6 is 0 Å². The molecule has 0 saturated carbocycles. The molecule has 0 spiro atoms. The van der Waals surface area contributed by atoms with Crippen molar-refractivity contribution < 1.29 is 43.9 Å². The molecule has 1 aromatic carbocycles. The van der Waals surface area contributed by atoms with Crippen molar-refractivity contribution in [3.63, 3.8) is 0 Å². The Labute approximate surface area is 275 Å². The van der Waals surface area contributed by atoms with Gasteiger partial charge in [0.1, 0.15) is 11.4 Å². The van der Waals surface area contributed by atoms with E-state index in [9.17, 15) is 19.8 Å². The van der Waals surface area contributed by atoms with Crippen LogP contribution in [0.3, 0.4) is 0 Å². The summed E-state index contributed by atoms with van der Waals surface area (Å²) in [5, 5.41) is 25.9. The number of aromatic nitrogens is 2. The van der Waals surface area contributed by atoms with E-state index >= 15 is 0 Å². The molecule has 1 fully saturated rings. The summed E-state index contributed by atoms with van der Waals surface area (Å²) in [5.74, 6) is -1.68.